The van der Waals surface area contributed by atoms with E-state index in [9.17, 15) is 18.0 Å². The number of alkyl halides is 3. The van der Waals surface area contributed by atoms with Crippen molar-refractivity contribution in [2.24, 2.45) is 13.0 Å². The second kappa shape index (κ2) is 11.0. The van der Waals surface area contributed by atoms with Gasteiger partial charge in [-0.25, -0.2) is 4.98 Å². The molecule has 5 heterocycles. The number of likely N-dealkylation sites (tertiary alicyclic amines) is 1. The zero-order valence-corrected chi connectivity index (χ0v) is 24.2. The fourth-order valence-corrected chi connectivity index (χ4v) is 6.41. The van der Waals surface area contributed by atoms with Crippen molar-refractivity contribution in [3.05, 3.63) is 64.2 Å². The number of hydrogen-bond acceptors (Lipinski definition) is 7. The first-order valence-corrected chi connectivity index (χ1v) is 14.5. The Bertz CT molecular complexity index is 1480. The average molecular weight is 584 g/mol. The molecule has 0 radical (unpaired) electrons. The van der Waals surface area contributed by atoms with Crippen LogP contribution in [-0.4, -0.2) is 63.4 Å². The summed E-state index contributed by atoms with van der Waals surface area (Å²) in [5.41, 5.74) is 0.329. The molecule has 2 fully saturated rings. The SMILES string of the molecule is CCNc1cc(C2(Cc3nncn3C)COC2)cc(N2Cc3c(cc(CN4CCCC(C)C4)cc3C(F)(F)F)C2=O)n1. The van der Waals surface area contributed by atoms with E-state index >= 15 is 0 Å². The molecule has 3 aliphatic heterocycles. The van der Waals surface area contributed by atoms with E-state index in [1.54, 1.807) is 12.4 Å². The number of pyridine rings is 1. The highest BCUT2D eigenvalue weighted by Gasteiger charge is 2.44. The molecule has 9 nitrogen and oxygen atoms in total. The van der Waals surface area contributed by atoms with Crippen molar-refractivity contribution in [2.45, 2.75) is 57.8 Å². The first-order valence-electron chi connectivity index (χ1n) is 14.5. The maximum atomic E-state index is 14.4. The van der Waals surface area contributed by atoms with Crippen molar-refractivity contribution < 1.29 is 22.7 Å². The smallest absolute Gasteiger partial charge is 0.379 e. The van der Waals surface area contributed by atoms with Gasteiger partial charge in [0, 0.05) is 44.1 Å². The molecule has 0 spiro atoms. The first-order chi connectivity index (χ1) is 20.1. The van der Waals surface area contributed by atoms with Crippen LogP contribution in [-0.2, 0) is 42.9 Å². The van der Waals surface area contributed by atoms with Gasteiger partial charge in [0.1, 0.15) is 23.8 Å². The van der Waals surface area contributed by atoms with Crippen LogP contribution in [0.25, 0.3) is 0 Å². The molecule has 0 bridgehead atoms. The predicted octanol–water partition coefficient (Wildman–Crippen LogP) is 4.56. The van der Waals surface area contributed by atoms with E-state index in [-0.39, 0.29) is 17.7 Å². The number of benzene rings is 1. The van der Waals surface area contributed by atoms with Crippen LogP contribution >= 0.6 is 0 Å². The minimum Gasteiger partial charge on any atom is -0.379 e. The van der Waals surface area contributed by atoms with Crippen LogP contribution < -0.4 is 10.2 Å². The number of aromatic nitrogens is 4. The van der Waals surface area contributed by atoms with Gasteiger partial charge in [-0.3, -0.25) is 14.6 Å². The van der Waals surface area contributed by atoms with E-state index in [0.29, 0.717) is 55.8 Å². The van der Waals surface area contributed by atoms with Gasteiger partial charge in [0.25, 0.3) is 5.91 Å². The molecule has 224 valence electrons. The lowest BCUT2D eigenvalue weighted by Gasteiger charge is -2.42. The van der Waals surface area contributed by atoms with Gasteiger partial charge >= 0.3 is 6.18 Å². The number of piperidine rings is 1. The van der Waals surface area contributed by atoms with E-state index in [1.165, 1.54) is 11.0 Å². The van der Waals surface area contributed by atoms with Gasteiger partial charge in [-0.15, -0.1) is 10.2 Å². The van der Waals surface area contributed by atoms with Gasteiger partial charge in [0.15, 0.2) is 0 Å². The number of anilines is 2. The van der Waals surface area contributed by atoms with Crippen molar-refractivity contribution >= 4 is 17.5 Å². The molecular formula is C30H36F3N7O2. The predicted molar refractivity (Wildman–Crippen MR) is 151 cm³/mol. The Labute approximate surface area is 243 Å². The van der Waals surface area contributed by atoms with Gasteiger partial charge in [0.2, 0.25) is 0 Å². The molecule has 1 N–H and O–H groups in total. The zero-order valence-electron chi connectivity index (χ0n) is 24.2. The minimum atomic E-state index is -4.58. The van der Waals surface area contributed by atoms with Crippen LogP contribution in [0, 0.1) is 5.92 Å². The topological polar surface area (TPSA) is 88.4 Å². The third-order valence-electron chi connectivity index (χ3n) is 8.67. The number of hydrogen-bond donors (Lipinski definition) is 1. The fraction of sp³-hybridized carbons (Fsp3) is 0.533. The quantitative estimate of drug-likeness (QED) is 0.416. The van der Waals surface area contributed by atoms with Crippen LogP contribution in [0.2, 0.25) is 0 Å². The Balaban J connectivity index is 1.36. The van der Waals surface area contributed by atoms with Crippen molar-refractivity contribution in [3.8, 4) is 0 Å². The monoisotopic (exact) mass is 583 g/mol. The van der Waals surface area contributed by atoms with Crippen LogP contribution in [0.1, 0.15) is 65.1 Å². The second-order valence-electron chi connectivity index (χ2n) is 12.0. The molecule has 6 rings (SSSR count). The van der Waals surface area contributed by atoms with E-state index in [2.05, 4.69) is 32.3 Å². The molecule has 1 atom stereocenters. The summed E-state index contributed by atoms with van der Waals surface area (Å²) in [7, 11) is 1.88. The lowest BCUT2D eigenvalue weighted by atomic mass is 9.75. The molecule has 2 aromatic heterocycles. The Kier molecular flexibility index (Phi) is 7.46. The van der Waals surface area contributed by atoms with Crippen molar-refractivity contribution in [3.63, 3.8) is 0 Å². The summed E-state index contributed by atoms with van der Waals surface area (Å²) < 4.78 is 50.6. The minimum absolute atomic E-state index is 0.00115. The summed E-state index contributed by atoms with van der Waals surface area (Å²) in [5, 5.41) is 11.5. The van der Waals surface area contributed by atoms with Crippen LogP contribution in [0.15, 0.2) is 30.6 Å². The van der Waals surface area contributed by atoms with Crippen LogP contribution in [0.5, 0.6) is 0 Å². The molecule has 0 saturated carbocycles. The Morgan fingerprint density at radius 2 is 2.00 bits per heavy atom. The molecule has 3 aliphatic rings. The second-order valence-corrected chi connectivity index (χ2v) is 12.0. The van der Waals surface area contributed by atoms with Gasteiger partial charge in [-0.2, -0.15) is 13.2 Å². The molecule has 1 unspecified atom stereocenters. The Morgan fingerprint density at radius 3 is 2.64 bits per heavy atom. The highest BCUT2D eigenvalue weighted by molar-refractivity contribution is 6.10. The number of halogens is 3. The molecule has 12 heteroatoms. The third-order valence-corrected chi connectivity index (χ3v) is 8.67. The molecule has 3 aromatic rings. The molecule has 0 aliphatic carbocycles. The number of rotatable bonds is 8. The number of aryl methyl sites for hydroxylation is 1. The Morgan fingerprint density at radius 1 is 1.19 bits per heavy atom. The number of carbonyl (C=O) groups is 1. The zero-order chi connectivity index (χ0) is 29.6. The number of fused-ring (bicyclic) bond motifs is 1. The fourth-order valence-electron chi connectivity index (χ4n) is 6.41. The standard InChI is InChI=1S/C30H36F3N7O2/c1-4-34-25-10-21(29(16-42-17-29)12-27-37-35-18-38(27)3)11-26(36-25)40-15-23-22(28(40)41)8-20(9-24(23)30(31,32)33)14-39-7-5-6-19(2)13-39/h8-11,18-19H,4-7,12-17H2,1-3H3,(H,34,36). The van der Waals surface area contributed by atoms with Crippen LogP contribution in [0.4, 0.5) is 24.8 Å². The van der Waals surface area contributed by atoms with E-state index in [4.69, 9.17) is 4.74 Å². The summed E-state index contributed by atoms with van der Waals surface area (Å²) >= 11 is 0. The van der Waals surface area contributed by atoms with Gasteiger partial charge in [0.05, 0.1) is 25.3 Å². The summed E-state index contributed by atoms with van der Waals surface area (Å²) in [6, 6.07) is 6.62. The lowest BCUT2D eigenvalue weighted by Crippen LogP contribution is -2.49. The number of carbonyl (C=O) groups excluding carboxylic acids is 1. The van der Waals surface area contributed by atoms with Crippen molar-refractivity contribution in [2.75, 3.05) is 43.1 Å². The van der Waals surface area contributed by atoms with Gasteiger partial charge in [-0.05, 0) is 73.2 Å². The lowest BCUT2D eigenvalue weighted by molar-refractivity contribution is -0.138. The van der Waals surface area contributed by atoms with E-state index in [0.717, 1.165) is 37.3 Å². The van der Waals surface area contributed by atoms with Crippen molar-refractivity contribution in [1.29, 1.82) is 0 Å². The molecule has 1 aromatic carbocycles. The summed E-state index contributed by atoms with van der Waals surface area (Å²) in [5.74, 6) is 1.68. The molecule has 1 amide bonds. The van der Waals surface area contributed by atoms with E-state index in [1.807, 2.05) is 30.7 Å². The van der Waals surface area contributed by atoms with E-state index < -0.39 is 23.1 Å². The summed E-state index contributed by atoms with van der Waals surface area (Å²) in [6.45, 7) is 7.44. The number of ether oxygens (including phenoxy) is 1. The Hall–Kier alpha value is -3.51. The number of nitrogens with zero attached hydrogens (tertiary/aromatic N) is 6. The van der Waals surface area contributed by atoms with Gasteiger partial charge < -0.3 is 14.6 Å². The van der Waals surface area contributed by atoms with Crippen molar-refractivity contribution in [1.82, 2.24) is 24.6 Å². The molecule has 2 saturated heterocycles. The maximum Gasteiger partial charge on any atom is 0.416 e. The molecular weight excluding hydrogens is 547 g/mol. The first kappa shape index (κ1) is 28.6. The van der Waals surface area contributed by atoms with Gasteiger partial charge in [-0.1, -0.05) is 6.92 Å². The average Bonchev–Trinajstić information content (AvgIpc) is 3.47. The van der Waals surface area contributed by atoms with Crippen LogP contribution in [0.3, 0.4) is 0 Å². The molecule has 42 heavy (non-hydrogen) atoms. The number of amides is 1. The maximum absolute atomic E-state index is 14.4. The number of nitrogens with one attached hydrogen (secondary N) is 1. The summed E-state index contributed by atoms with van der Waals surface area (Å²) in [4.78, 5) is 22.0. The highest BCUT2D eigenvalue weighted by atomic mass is 19.4. The highest BCUT2D eigenvalue weighted by Crippen LogP contribution is 2.42. The largest absolute Gasteiger partial charge is 0.416 e. The third kappa shape index (κ3) is 5.37. The summed E-state index contributed by atoms with van der Waals surface area (Å²) in [6.07, 6.45) is -0.245. The normalized spacial score (nSPS) is 20.5.